The predicted molar refractivity (Wildman–Crippen MR) is 138 cm³/mol. The lowest BCUT2D eigenvalue weighted by Gasteiger charge is -2.36. The SMILES string of the molecule is CCCCc1cnc(N2CCN(c3nnc(-c4cncc(OC)c4)c(C)c3C)CC2)cc1C.O=C=O. The van der Waals surface area contributed by atoms with Crippen molar-refractivity contribution in [3.8, 4) is 17.0 Å². The van der Waals surface area contributed by atoms with E-state index in [1.165, 1.54) is 24.0 Å². The van der Waals surface area contributed by atoms with Crippen molar-refractivity contribution in [2.24, 2.45) is 0 Å². The highest BCUT2D eigenvalue weighted by Gasteiger charge is 2.23. The van der Waals surface area contributed by atoms with Gasteiger partial charge in [-0.15, -0.1) is 10.2 Å². The Balaban J connectivity index is 0.00000115. The van der Waals surface area contributed by atoms with Gasteiger partial charge in [-0.2, -0.15) is 9.59 Å². The molecule has 0 radical (unpaired) electrons. The number of rotatable bonds is 7. The molecule has 4 rings (SSSR count). The average Bonchev–Trinajstić information content (AvgIpc) is 2.90. The maximum Gasteiger partial charge on any atom is 0.373 e. The Morgan fingerprint density at radius 2 is 1.64 bits per heavy atom. The second-order valence-corrected chi connectivity index (χ2v) is 8.87. The molecule has 36 heavy (non-hydrogen) atoms. The molecule has 0 aromatic carbocycles. The lowest BCUT2D eigenvalue weighted by atomic mass is 10.0. The Kier molecular flexibility index (Phi) is 9.47. The lowest BCUT2D eigenvalue weighted by Crippen LogP contribution is -2.47. The summed E-state index contributed by atoms with van der Waals surface area (Å²) in [6.07, 6.45) is 9.36. The third-order valence-electron chi connectivity index (χ3n) is 6.63. The number of pyridine rings is 2. The molecule has 1 saturated heterocycles. The summed E-state index contributed by atoms with van der Waals surface area (Å²) in [4.78, 5) is 30.0. The van der Waals surface area contributed by atoms with Crippen LogP contribution in [0.2, 0.25) is 0 Å². The Morgan fingerprint density at radius 3 is 2.28 bits per heavy atom. The summed E-state index contributed by atoms with van der Waals surface area (Å²) < 4.78 is 5.31. The highest BCUT2D eigenvalue weighted by molar-refractivity contribution is 5.67. The third-order valence-corrected chi connectivity index (χ3v) is 6.63. The van der Waals surface area contributed by atoms with Gasteiger partial charge >= 0.3 is 6.15 Å². The number of aryl methyl sites for hydroxylation is 2. The van der Waals surface area contributed by atoms with Crippen molar-refractivity contribution in [1.82, 2.24) is 20.2 Å². The number of unbranched alkanes of at least 4 members (excludes halogenated alkanes) is 1. The summed E-state index contributed by atoms with van der Waals surface area (Å²) in [5.41, 5.74) is 6.76. The van der Waals surface area contributed by atoms with Crippen LogP contribution in [-0.4, -0.2) is 59.6 Å². The van der Waals surface area contributed by atoms with Gasteiger partial charge in [0, 0.05) is 44.1 Å². The Labute approximate surface area is 212 Å². The van der Waals surface area contributed by atoms with Gasteiger partial charge in [0.2, 0.25) is 0 Å². The van der Waals surface area contributed by atoms with Gasteiger partial charge in [-0.25, -0.2) is 4.98 Å². The first-order valence-electron chi connectivity index (χ1n) is 12.2. The molecule has 1 aliphatic heterocycles. The number of carbonyl (C=O) groups excluding carboxylic acids is 2. The molecule has 0 saturated carbocycles. The van der Waals surface area contributed by atoms with E-state index in [0.29, 0.717) is 5.75 Å². The smallest absolute Gasteiger partial charge is 0.373 e. The number of nitrogens with zero attached hydrogens (tertiary/aromatic N) is 6. The van der Waals surface area contributed by atoms with E-state index in [1.807, 2.05) is 6.07 Å². The normalized spacial score (nSPS) is 13.0. The summed E-state index contributed by atoms with van der Waals surface area (Å²) in [5.74, 6) is 2.76. The predicted octanol–water partition coefficient (Wildman–Crippen LogP) is 3.95. The van der Waals surface area contributed by atoms with Gasteiger partial charge in [0.1, 0.15) is 11.6 Å². The van der Waals surface area contributed by atoms with Crippen LogP contribution in [0.3, 0.4) is 0 Å². The van der Waals surface area contributed by atoms with Gasteiger partial charge in [-0.05, 0) is 68.0 Å². The second-order valence-electron chi connectivity index (χ2n) is 8.87. The molecular weight excluding hydrogens is 456 g/mol. The Hall–Kier alpha value is -3.84. The molecule has 0 bridgehead atoms. The minimum absolute atomic E-state index is 0.250. The standard InChI is InChI=1S/C26H34N6O.CO2/c1-6-7-8-21-16-28-24(13-18(21)2)31-9-11-32(12-10-31)26-20(4)19(3)25(29-30-26)22-14-23(33-5)17-27-15-22;2-1-3/h13-17H,6-12H2,1-5H3;. The van der Waals surface area contributed by atoms with E-state index >= 15 is 0 Å². The number of anilines is 2. The average molecular weight is 491 g/mol. The third kappa shape index (κ3) is 6.23. The van der Waals surface area contributed by atoms with Crippen LogP contribution in [0.25, 0.3) is 11.3 Å². The van der Waals surface area contributed by atoms with E-state index in [2.05, 4.69) is 64.9 Å². The van der Waals surface area contributed by atoms with E-state index in [9.17, 15) is 0 Å². The highest BCUT2D eigenvalue weighted by Crippen LogP contribution is 2.30. The molecule has 190 valence electrons. The first-order chi connectivity index (χ1) is 17.4. The zero-order chi connectivity index (χ0) is 26.1. The van der Waals surface area contributed by atoms with Gasteiger partial charge < -0.3 is 14.5 Å². The fraction of sp³-hybridized carbons (Fsp3) is 0.444. The van der Waals surface area contributed by atoms with Crippen LogP contribution in [0.5, 0.6) is 5.75 Å². The number of hydrogen-bond donors (Lipinski definition) is 0. The fourth-order valence-electron chi connectivity index (χ4n) is 4.35. The van der Waals surface area contributed by atoms with Crippen LogP contribution in [0.1, 0.15) is 42.0 Å². The minimum Gasteiger partial charge on any atom is -0.495 e. The summed E-state index contributed by atoms with van der Waals surface area (Å²) in [5, 5.41) is 9.19. The van der Waals surface area contributed by atoms with E-state index in [1.54, 1.807) is 19.5 Å². The number of aromatic nitrogens is 4. The van der Waals surface area contributed by atoms with Crippen LogP contribution in [0, 0.1) is 20.8 Å². The summed E-state index contributed by atoms with van der Waals surface area (Å²) >= 11 is 0. The van der Waals surface area contributed by atoms with Gasteiger partial charge in [-0.3, -0.25) is 4.98 Å². The molecule has 0 atom stereocenters. The van der Waals surface area contributed by atoms with Crippen molar-refractivity contribution >= 4 is 17.8 Å². The molecule has 0 amide bonds. The molecule has 0 N–H and O–H groups in total. The number of ether oxygens (including phenoxy) is 1. The van der Waals surface area contributed by atoms with Gasteiger partial charge in [-0.1, -0.05) is 13.3 Å². The second kappa shape index (κ2) is 12.7. The lowest BCUT2D eigenvalue weighted by molar-refractivity contribution is -0.191. The molecule has 4 heterocycles. The maximum atomic E-state index is 8.12. The topological polar surface area (TPSA) is 101 Å². The van der Waals surface area contributed by atoms with Crippen molar-refractivity contribution in [3.63, 3.8) is 0 Å². The van der Waals surface area contributed by atoms with Crippen molar-refractivity contribution in [2.45, 2.75) is 47.0 Å². The number of hydrogen-bond acceptors (Lipinski definition) is 9. The van der Waals surface area contributed by atoms with Crippen molar-refractivity contribution < 1.29 is 14.3 Å². The van der Waals surface area contributed by atoms with Gasteiger partial charge in [0.25, 0.3) is 0 Å². The molecule has 3 aromatic rings. The molecule has 9 nitrogen and oxygen atoms in total. The number of piperazine rings is 1. The molecular formula is C27H34N6O3. The van der Waals surface area contributed by atoms with E-state index < -0.39 is 0 Å². The summed E-state index contributed by atoms with van der Waals surface area (Å²) in [6.45, 7) is 12.3. The van der Waals surface area contributed by atoms with Gasteiger partial charge in [0.05, 0.1) is 19.0 Å². The molecule has 0 spiro atoms. The highest BCUT2D eigenvalue weighted by atomic mass is 16.5. The largest absolute Gasteiger partial charge is 0.495 e. The van der Waals surface area contributed by atoms with Crippen molar-refractivity contribution in [3.05, 3.63) is 53.0 Å². The molecule has 3 aromatic heterocycles. The van der Waals surface area contributed by atoms with E-state index in [4.69, 9.17) is 19.3 Å². The summed E-state index contributed by atoms with van der Waals surface area (Å²) in [7, 11) is 1.64. The zero-order valence-electron chi connectivity index (χ0n) is 21.7. The monoisotopic (exact) mass is 490 g/mol. The Morgan fingerprint density at radius 1 is 0.944 bits per heavy atom. The summed E-state index contributed by atoms with van der Waals surface area (Å²) in [6, 6.07) is 4.19. The van der Waals surface area contributed by atoms with Crippen molar-refractivity contribution in [2.75, 3.05) is 43.1 Å². The quantitative estimate of drug-likeness (QED) is 0.487. The molecule has 1 fully saturated rings. The molecule has 0 aliphatic carbocycles. The molecule has 1 aliphatic rings. The number of methoxy groups -OCH3 is 1. The Bertz CT molecular complexity index is 1200. The van der Waals surface area contributed by atoms with E-state index in [-0.39, 0.29) is 6.15 Å². The van der Waals surface area contributed by atoms with Crippen LogP contribution in [0.15, 0.2) is 30.7 Å². The molecule has 9 heteroatoms. The van der Waals surface area contributed by atoms with Gasteiger partial charge in [0.15, 0.2) is 5.82 Å². The first-order valence-corrected chi connectivity index (χ1v) is 12.2. The van der Waals surface area contributed by atoms with Crippen LogP contribution in [-0.2, 0) is 16.0 Å². The maximum absolute atomic E-state index is 8.12. The minimum atomic E-state index is 0.250. The van der Waals surface area contributed by atoms with Crippen molar-refractivity contribution in [1.29, 1.82) is 0 Å². The van der Waals surface area contributed by atoms with E-state index in [0.717, 1.165) is 66.6 Å². The van der Waals surface area contributed by atoms with Crippen LogP contribution in [0.4, 0.5) is 11.6 Å². The first kappa shape index (κ1) is 26.8. The molecule has 0 unspecified atom stereocenters. The van der Waals surface area contributed by atoms with Crippen LogP contribution < -0.4 is 14.5 Å². The zero-order valence-corrected chi connectivity index (χ0v) is 21.7. The fourth-order valence-corrected chi connectivity index (χ4v) is 4.35. The van der Waals surface area contributed by atoms with Crippen LogP contribution >= 0.6 is 0 Å².